The molecule has 0 atom stereocenters. The molecule has 0 N–H and O–H groups in total. The van der Waals surface area contributed by atoms with E-state index in [1.807, 2.05) is 62.4 Å². The Morgan fingerprint density at radius 2 is 1.69 bits per heavy atom. The van der Waals surface area contributed by atoms with Gasteiger partial charge in [-0.25, -0.2) is 13.8 Å². The lowest BCUT2D eigenvalue weighted by Gasteiger charge is -2.20. The number of hydrogen-bond donors (Lipinski definition) is 0. The third-order valence-corrected chi connectivity index (χ3v) is 5.56. The first-order valence-corrected chi connectivity index (χ1v) is 9.92. The number of rotatable bonds is 4. The number of carbonyl (C=O) groups excluding carboxylic acids is 1. The number of amides is 1. The fourth-order valence-corrected chi connectivity index (χ4v) is 4.31. The van der Waals surface area contributed by atoms with Crippen LogP contribution in [0.2, 0.25) is 0 Å². The summed E-state index contributed by atoms with van der Waals surface area (Å²) in [7, 11) is 0. The van der Waals surface area contributed by atoms with Gasteiger partial charge in [-0.05, 0) is 37.6 Å². The first kappa shape index (κ1) is 19.2. The second-order valence-corrected chi connectivity index (χ2v) is 7.99. The Morgan fingerprint density at radius 1 is 1.00 bits per heavy atom. The number of thiazole rings is 1. The van der Waals surface area contributed by atoms with E-state index in [1.165, 1.54) is 11.0 Å². The first-order valence-electron chi connectivity index (χ1n) is 9.10. The molecule has 6 heteroatoms. The molecule has 0 aliphatic rings. The van der Waals surface area contributed by atoms with Crippen LogP contribution in [0.5, 0.6) is 0 Å². The van der Waals surface area contributed by atoms with Crippen molar-refractivity contribution in [2.24, 2.45) is 0 Å². The van der Waals surface area contributed by atoms with Crippen molar-refractivity contribution >= 4 is 32.6 Å². The number of aryl methyl sites for hydroxylation is 2. The quantitative estimate of drug-likeness (QED) is 0.413. The largest absolute Gasteiger partial charge is 0.279 e. The SMILES string of the molecule is Cc1cc(C)cc(C(=O)N(Cc2ccccc2)c2nc3c(F)cc(F)cc3s2)c1. The highest BCUT2D eigenvalue weighted by atomic mass is 32.1. The summed E-state index contributed by atoms with van der Waals surface area (Å²) in [6.45, 7) is 4.14. The normalized spacial score (nSPS) is 11.0. The van der Waals surface area contributed by atoms with E-state index in [4.69, 9.17) is 0 Å². The van der Waals surface area contributed by atoms with Gasteiger partial charge in [0.2, 0.25) is 0 Å². The molecule has 0 spiro atoms. The fourth-order valence-electron chi connectivity index (χ4n) is 3.31. The van der Waals surface area contributed by atoms with Gasteiger partial charge in [0, 0.05) is 11.6 Å². The third kappa shape index (κ3) is 4.03. The molecule has 0 unspecified atom stereocenters. The van der Waals surface area contributed by atoms with Crippen LogP contribution in [0.25, 0.3) is 10.2 Å². The van der Waals surface area contributed by atoms with Crippen LogP contribution in [0.1, 0.15) is 27.0 Å². The molecule has 0 bridgehead atoms. The van der Waals surface area contributed by atoms with Crippen LogP contribution in [0, 0.1) is 25.5 Å². The zero-order valence-electron chi connectivity index (χ0n) is 15.9. The summed E-state index contributed by atoms with van der Waals surface area (Å²) in [4.78, 5) is 19.3. The van der Waals surface area contributed by atoms with Crippen molar-refractivity contribution < 1.29 is 13.6 Å². The molecule has 1 amide bonds. The average Bonchev–Trinajstić information content (AvgIpc) is 3.09. The van der Waals surface area contributed by atoms with Crippen LogP contribution in [-0.4, -0.2) is 10.9 Å². The molecule has 4 aromatic rings. The van der Waals surface area contributed by atoms with E-state index in [0.29, 0.717) is 15.4 Å². The number of nitrogens with zero attached hydrogens (tertiary/aromatic N) is 2. The molecule has 0 saturated heterocycles. The molecule has 1 heterocycles. The van der Waals surface area contributed by atoms with Gasteiger partial charge >= 0.3 is 0 Å². The smallest absolute Gasteiger partial charge is 0.260 e. The Balaban J connectivity index is 1.82. The molecule has 29 heavy (non-hydrogen) atoms. The minimum atomic E-state index is -0.735. The van der Waals surface area contributed by atoms with Crippen molar-refractivity contribution in [3.05, 3.63) is 94.6 Å². The highest BCUT2D eigenvalue weighted by Gasteiger charge is 2.23. The van der Waals surface area contributed by atoms with Gasteiger partial charge in [-0.15, -0.1) is 0 Å². The number of benzene rings is 3. The second kappa shape index (κ2) is 7.72. The molecule has 3 aromatic carbocycles. The molecule has 4 rings (SSSR count). The highest BCUT2D eigenvalue weighted by molar-refractivity contribution is 7.22. The monoisotopic (exact) mass is 408 g/mol. The van der Waals surface area contributed by atoms with Gasteiger partial charge in [0.1, 0.15) is 11.3 Å². The standard InChI is InChI=1S/C23H18F2N2OS/c1-14-8-15(2)10-17(9-14)22(28)27(13-16-6-4-3-5-7-16)23-26-21-19(25)11-18(24)12-20(21)29-23/h3-12H,13H2,1-2H3. The predicted octanol–water partition coefficient (Wildman–Crippen LogP) is 6.04. The maximum atomic E-state index is 14.2. The maximum Gasteiger partial charge on any atom is 0.260 e. The van der Waals surface area contributed by atoms with Gasteiger partial charge in [0.25, 0.3) is 5.91 Å². The molecule has 0 radical (unpaired) electrons. The lowest BCUT2D eigenvalue weighted by Crippen LogP contribution is -2.30. The van der Waals surface area contributed by atoms with E-state index in [9.17, 15) is 13.6 Å². The summed E-state index contributed by atoms with van der Waals surface area (Å²) >= 11 is 1.10. The Morgan fingerprint density at radius 3 is 2.38 bits per heavy atom. The molecule has 0 aliphatic heterocycles. The van der Waals surface area contributed by atoms with Crippen LogP contribution in [-0.2, 0) is 6.54 Å². The first-order chi connectivity index (χ1) is 13.9. The number of fused-ring (bicyclic) bond motifs is 1. The lowest BCUT2D eigenvalue weighted by molar-refractivity contribution is 0.0985. The van der Waals surface area contributed by atoms with Gasteiger partial charge in [0.05, 0.1) is 11.2 Å². The van der Waals surface area contributed by atoms with Crippen molar-refractivity contribution in [3.8, 4) is 0 Å². The highest BCUT2D eigenvalue weighted by Crippen LogP contribution is 2.33. The summed E-state index contributed by atoms with van der Waals surface area (Å²) in [5.74, 6) is -1.64. The molecule has 3 nitrogen and oxygen atoms in total. The number of halogens is 2. The van der Waals surface area contributed by atoms with Crippen molar-refractivity contribution in [2.75, 3.05) is 4.90 Å². The zero-order valence-corrected chi connectivity index (χ0v) is 16.8. The molecular formula is C23H18F2N2OS. The zero-order chi connectivity index (χ0) is 20.5. The van der Waals surface area contributed by atoms with E-state index < -0.39 is 11.6 Å². The molecule has 0 saturated carbocycles. The van der Waals surface area contributed by atoms with Crippen molar-refractivity contribution in [1.29, 1.82) is 0 Å². The van der Waals surface area contributed by atoms with Gasteiger partial charge in [-0.3, -0.25) is 9.69 Å². The van der Waals surface area contributed by atoms with Crippen LogP contribution >= 0.6 is 11.3 Å². The van der Waals surface area contributed by atoms with E-state index in [2.05, 4.69) is 4.98 Å². The van der Waals surface area contributed by atoms with Gasteiger partial charge < -0.3 is 0 Å². The number of carbonyl (C=O) groups is 1. The lowest BCUT2D eigenvalue weighted by atomic mass is 10.1. The van der Waals surface area contributed by atoms with Crippen LogP contribution in [0.3, 0.4) is 0 Å². The van der Waals surface area contributed by atoms with E-state index in [-0.39, 0.29) is 18.0 Å². The Hall–Kier alpha value is -3.12. The Kier molecular flexibility index (Phi) is 5.11. The third-order valence-electron chi connectivity index (χ3n) is 4.53. The molecule has 146 valence electrons. The van der Waals surface area contributed by atoms with Crippen molar-refractivity contribution in [1.82, 2.24) is 4.98 Å². The minimum absolute atomic E-state index is 0.0673. The predicted molar refractivity (Wildman–Crippen MR) is 112 cm³/mol. The summed E-state index contributed by atoms with van der Waals surface area (Å²) in [5, 5.41) is 0.331. The molecule has 0 aliphatic carbocycles. The second-order valence-electron chi connectivity index (χ2n) is 6.98. The fraction of sp³-hybridized carbons (Fsp3) is 0.130. The van der Waals surface area contributed by atoms with Crippen molar-refractivity contribution in [3.63, 3.8) is 0 Å². The van der Waals surface area contributed by atoms with Crippen LogP contribution < -0.4 is 4.90 Å². The maximum absolute atomic E-state index is 14.2. The Labute approximate surface area is 171 Å². The number of aromatic nitrogens is 1. The Bertz CT molecular complexity index is 1180. The van der Waals surface area contributed by atoms with Crippen LogP contribution in [0.15, 0.2) is 60.7 Å². The number of anilines is 1. The van der Waals surface area contributed by atoms with Gasteiger partial charge in [-0.1, -0.05) is 58.9 Å². The van der Waals surface area contributed by atoms with E-state index in [1.54, 1.807) is 0 Å². The average molecular weight is 408 g/mol. The van der Waals surface area contributed by atoms with E-state index in [0.717, 1.165) is 34.1 Å². The summed E-state index contributed by atoms with van der Waals surface area (Å²) < 4.78 is 28.2. The summed E-state index contributed by atoms with van der Waals surface area (Å²) in [6.07, 6.45) is 0. The van der Waals surface area contributed by atoms with Crippen molar-refractivity contribution in [2.45, 2.75) is 20.4 Å². The van der Waals surface area contributed by atoms with Crippen LogP contribution in [0.4, 0.5) is 13.9 Å². The number of hydrogen-bond acceptors (Lipinski definition) is 3. The topological polar surface area (TPSA) is 33.2 Å². The minimum Gasteiger partial charge on any atom is -0.279 e. The summed E-state index contributed by atoms with van der Waals surface area (Å²) in [6, 6.07) is 17.2. The van der Waals surface area contributed by atoms with Gasteiger partial charge in [0.15, 0.2) is 10.9 Å². The molecular weight excluding hydrogens is 390 g/mol. The molecule has 1 aromatic heterocycles. The summed E-state index contributed by atoms with van der Waals surface area (Å²) in [5.41, 5.74) is 3.47. The van der Waals surface area contributed by atoms with E-state index >= 15 is 0 Å². The molecule has 0 fully saturated rings. The van der Waals surface area contributed by atoms with Gasteiger partial charge in [-0.2, -0.15) is 0 Å².